The molecule has 0 amide bonds. The van der Waals surface area contributed by atoms with Crippen LogP contribution in [-0.2, 0) is 22.5 Å². The standard InChI is InChI=1S/C20H23N3O3S2/c1-3-15-7-5-8-16(13-15)25-10-11-26-18(24)14-28-20-22-21-19(23(20)4-2)17-9-6-12-27-17/h5-9,12-13H,3-4,10-11,14H2,1-2H3. The van der Waals surface area contributed by atoms with Crippen molar-refractivity contribution in [3.63, 3.8) is 0 Å². The van der Waals surface area contributed by atoms with Crippen LogP contribution in [0, 0.1) is 0 Å². The molecule has 0 aliphatic rings. The van der Waals surface area contributed by atoms with Gasteiger partial charge in [0.05, 0.1) is 10.6 Å². The van der Waals surface area contributed by atoms with Crippen molar-refractivity contribution in [2.45, 2.75) is 32.0 Å². The van der Waals surface area contributed by atoms with Crippen LogP contribution in [0.5, 0.6) is 5.75 Å². The first-order chi connectivity index (χ1) is 13.7. The van der Waals surface area contributed by atoms with E-state index < -0.39 is 0 Å². The highest BCUT2D eigenvalue weighted by Crippen LogP contribution is 2.27. The molecule has 8 heteroatoms. The van der Waals surface area contributed by atoms with E-state index in [2.05, 4.69) is 23.2 Å². The highest BCUT2D eigenvalue weighted by molar-refractivity contribution is 7.99. The van der Waals surface area contributed by atoms with Gasteiger partial charge in [-0.25, -0.2) is 0 Å². The Morgan fingerprint density at radius 2 is 2.07 bits per heavy atom. The first-order valence-corrected chi connectivity index (χ1v) is 11.0. The number of thiophene rings is 1. The van der Waals surface area contributed by atoms with Gasteiger partial charge in [-0.05, 0) is 42.5 Å². The third-order valence-corrected chi connectivity index (χ3v) is 5.82. The van der Waals surface area contributed by atoms with E-state index in [-0.39, 0.29) is 18.3 Å². The summed E-state index contributed by atoms with van der Waals surface area (Å²) in [5, 5.41) is 11.2. The summed E-state index contributed by atoms with van der Waals surface area (Å²) in [7, 11) is 0. The Labute approximate surface area is 172 Å². The van der Waals surface area contributed by atoms with E-state index in [0.717, 1.165) is 34.6 Å². The molecule has 0 bridgehead atoms. The van der Waals surface area contributed by atoms with Gasteiger partial charge in [-0.15, -0.1) is 21.5 Å². The van der Waals surface area contributed by atoms with Gasteiger partial charge < -0.3 is 14.0 Å². The van der Waals surface area contributed by atoms with E-state index >= 15 is 0 Å². The van der Waals surface area contributed by atoms with Crippen LogP contribution in [0.3, 0.4) is 0 Å². The molecule has 3 aromatic rings. The van der Waals surface area contributed by atoms with E-state index in [1.54, 1.807) is 11.3 Å². The van der Waals surface area contributed by atoms with Gasteiger partial charge in [-0.1, -0.05) is 36.9 Å². The van der Waals surface area contributed by atoms with Crippen LogP contribution in [0.1, 0.15) is 19.4 Å². The summed E-state index contributed by atoms with van der Waals surface area (Å²) in [6.45, 7) is 5.42. The molecule has 2 aromatic heterocycles. The van der Waals surface area contributed by atoms with Crippen LogP contribution >= 0.6 is 23.1 Å². The monoisotopic (exact) mass is 417 g/mol. The molecule has 0 radical (unpaired) electrons. The minimum Gasteiger partial charge on any atom is -0.490 e. The number of rotatable bonds is 10. The highest BCUT2D eigenvalue weighted by atomic mass is 32.2. The number of ether oxygens (including phenoxy) is 2. The smallest absolute Gasteiger partial charge is 0.316 e. The molecular weight excluding hydrogens is 394 g/mol. The minimum atomic E-state index is -0.292. The van der Waals surface area contributed by atoms with Gasteiger partial charge in [0.1, 0.15) is 19.0 Å². The molecular formula is C20H23N3O3S2. The van der Waals surface area contributed by atoms with Gasteiger partial charge in [0, 0.05) is 6.54 Å². The van der Waals surface area contributed by atoms with Crippen molar-refractivity contribution in [2.24, 2.45) is 0 Å². The average molecular weight is 418 g/mol. The lowest BCUT2D eigenvalue weighted by molar-refractivity contribution is -0.141. The summed E-state index contributed by atoms with van der Waals surface area (Å²) in [5.74, 6) is 1.52. The third-order valence-electron chi connectivity index (χ3n) is 4.02. The molecule has 28 heavy (non-hydrogen) atoms. The van der Waals surface area contributed by atoms with Gasteiger partial charge in [0.15, 0.2) is 11.0 Å². The van der Waals surface area contributed by atoms with Crippen molar-refractivity contribution >= 4 is 29.1 Å². The van der Waals surface area contributed by atoms with Crippen LogP contribution in [-0.4, -0.2) is 39.7 Å². The van der Waals surface area contributed by atoms with E-state index in [4.69, 9.17) is 9.47 Å². The molecule has 0 N–H and O–H groups in total. The number of hydrogen-bond donors (Lipinski definition) is 0. The van der Waals surface area contributed by atoms with E-state index in [0.29, 0.717) is 6.61 Å². The second kappa shape index (κ2) is 10.3. The number of carbonyl (C=O) groups is 1. The maximum absolute atomic E-state index is 12.0. The normalized spacial score (nSPS) is 10.8. The molecule has 0 spiro atoms. The van der Waals surface area contributed by atoms with Crippen LogP contribution in [0.4, 0.5) is 0 Å². The van der Waals surface area contributed by atoms with Gasteiger partial charge in [-0.3, -0.25) is 4.79 Å². The lowest BCUT2D eigenvalue weighted by Gasteiger charge is -2.09. The zero-order valence-electron chi connectivity index (χ0n) is 16.0. The molecule has 0 saturated carbocycles. The Morgan fingerprint density at radius 1 is 1.18 bits per heavy atom. The zero-order valence-corrected chi connectivity index (χ0v) is 17.6. The number of hydrogen-bond acceptors (Lipinski definition) is 7. The SMILES string of the molecule is CCc1cccc(OCCOC(=O)CSc2nnc(-c3cccs3)n2CC)c1. The maximum Gasteiger partial charge on any atom is 0.316 e. The van der Waals surface area contributed by atoms with Crippen molar-refractivity contribution in [2.75, 3.05) is 19.0 Å². The van der Waals surface area contributed by atoms with Crippen molar-refractivity contribution in [1.29, 1.82) is 0 Å². The quantitative estimate of drug-likeness (QED) is 0.278. The molecule has 6 nitrogen and oxygen atoms in total. The molecule has 1 aromatic carbocycles. The Hall–Kier alpha value is -2.32. The number of carbonyl (C=O) groups excluding carboxylic acids is 1. The predicted molar refractivity (Wildman–Crippen MR) is 112 cm³/mol. The second-order valence-corrected chi connectivity index (χ2v) is 7.78. The maximum atomic E-state index is 12.0. The summed E-state index contributed by atoms with van der Waals surface area (Å²) in [6, 6.07) is 11.9. The predicted octanol–water partition coefficient (Wildman–Crippen LogP) is 4.30. The topological polar surface area (TPSA) is 66.2 Å². The summed E-state index contributed by atoms with van der Waals surface area (Å²) in [5.41, 5.74) is 1.22. The molecule has 2 heterocycles. The molecule has 0 aliphatic carbocycles. The summed E-state index contributed by atoms with van der Waals surface area (Å²) in [6.07, 6.45) is 0.958. The van der Waals surface area contributed by atoms with E-state index in [9.17, 15) is 4.79 Å². The Morgan fingerprint density at radius 3 is 2.82 bits per heavy atom. The number of aryl methyl sites for hydroxylation is 1. The van der Waals surface area contributed by atoms with Crippen LogP contribution in [0.15, 0.2) is 46.9 Å². The van der Waals surface area contributed by atoms with E-state index in [1.165, 1.54) is 17.3 Å². The lowest BCUT2D eigenvalue weighted by Crippen LogP contribution is -2.14. The molecule has 0 unspecified atom stereocenters. The van der Waals surface area contributed by atoms with Crippen molar-refractivity contribution in [1.82, 2.24) is 14.8 Å². The van der Waals surface area contributed by atoms with Gasteiger partial charge in [0.25, 0.3) is 0 Å². The first-order valence-electron chi connectivity index (χ1n) is 9.18. The number of benzene rings is 1. The fraction of sp³-hybridized carbons (Fsp3) is 0.350. The number of esters is 1. The molecule has 0 atom stereocenters. The van der Waals surface area contributed by atoms with Crippen LogP contribution < -0.4 is 4.74 Å². The number of thioether (sulfide) groups is 1. The van der Waals surface area contributed by atoms with Gasteiger partial charge >= 0.3 is 5.97 Å². The zero-order chi connectivity index (χ0) is 19.8. The Kier molecular flexibility index (Phi) is 7.50. The van der Waals surface area contributed by atoms with E-state index in [1.807, 2.05) is 47.2 Å². The number of aromatic nitrogens is 3. The van der Waals surface area contributed by atoms with Crippen LogP contribution in [0.2, 0.25) is 0 Å². The van der Waals surface area contributed by atoms with Crippen molar-refractivity contribution < 1.29 is 14.3 Å². The Balaban J connectivity index is 1.43. The highest BCUT2D eigenvalue weighted by Gasteiger charge is 2.15. The van der Waals surface area contributed by atoms with Gasteiger partial charge in [0.2, 0.25) is 0 Å². The fourth-order valence-electron chi connectivity index (χ4n) is 2.60. The fourth-order valence-corrected chi connectivity index (χ4v) is 4.12. The summed E-state index contributed by atoms with van der Waals surface area (Å²) < 4.78 is 12.9. The molecule has 0 fully saturated rings. The molecule has 0 saturated heterocycles. The van der Waals surface area contributed by atoms with Crippen molar-refractivity contribution in [3.8, 4) is 16.5 Å². The van der Waals surface area contributed by atoms with Crippen LogP contribution in [0.25, 0.3) is 10.7 Å². The molecule has 148 valence electrons. The van der Waals surface area contributed by atoms with Gasteiger partial charge in [-0.2, -0.15) is 0 Å². The largest absolute Gasteiger partial charge is 0.490 e. The van der Waals surface area contributed by atoms with Crippen molar-refractivity contribution in [3.05, 3.63) is 47.3 Å². The minimum absolute atomic E-state index is 0.188. The number of nitrogens with zero attached hydrogens (tertiary/aromatic N) is 3. The molecule has 0 aliphatic heterocycles. The lowest BCUT2D eigenvalue weighted by atomic mass is 10.2. The average Bonchev–Trinajstić information content (AvgIpc) is 3.39. The Bertz CT molecular complexity index is 894. The first kappa shape index (κ1) is 20.4. The summed E-state index contributed by atoms with van der Waals surface area (Å²) in [4.78, 5) is 13.1. The third kappa shape index (κ3) is 5.36. The molecule has 3 rings (SSSR count). The second-order valence-electron chi connectivity index (χ2n) is 5.89. The summed E-state index contributed by atoms with van der Waals surface area (Å²) >= 11 is 2.95.